The number of nitrogens with one attached hydrogen (secondary N) is 1. The first-order chi connectivity index (χ1) is 12.6. The van der Waals surface area contributed by atoms with Crippen molar-refractivity contribution in [3.63, 3.8) is 0 Å². The van der Waals surface area contributed by atoms with E-state index in [1.54, 1.807) is 0 Å². The van der Waals surface area contributed by atoms with Crippen molar-refractivity contribution in [3.8, 4) is 0 Å². The predicted molar refractivity (Wildman–Crippen MR) is 110 cm³/mol. The van der Waals surface area contributed by atoms with Crippen LogP contribution in [0.25, 0.3) is 0 Å². The summed E-state index contributed by atoms with van der Waals surface area (Å²) in [5, 5.41) is 4.00. The maximum absolute atomic E-state index is 5.95. The summed E-state index contributed by atoms with van der Waals surface area (Å²) in [6, 6.07) is 9.64. The van der Waals surface area contributed by atoms with Crippen molar-refractivity contribution in [2.24, 2.45) is 0 Å². The van der Waals surface area contributed by atoms with E-state index in [1.165, 1.54) is 32.5 Å². The van der Waals surface area contributed by atoms with Gasteiger partial charge < -0.3 is 15.1 Å². The van der Waals surface area contributed by atoms with E-state index in [4.69, 9.17) is 16.6 Å². The molecule has 26 heavy (non-hydrogen) atoms. The molecule has 6 heteroatoms. The monoisotopic (exact) mass is 373 g/mol. The van der Waals surface area contributed by atoms with E-state index in [2.05, 4.69) is 33.1 Å². The molecular formula is C20H28ClN5. The van der Waals surface area contributed by atoms with E-state index < -0.39 is 0 Å². The lowest BCUT2D eigenvalue weighted by molar-refractivity contribution is 0.334. The Balaban J connectivity index is 1.64. The molecule has 5 nitrogen and oxygen atoms in total. The van der Waals surface area contributed by atoms with Crippen molar-refractivity contribution in [2.45, 2.75) is 33.1 Å². The summed E-state index contributed by atoms with van der Waals surface area (Å²) in [6.45, 7) is 9.84. The highest BCUT2D eigenvalue weighted by molar-refractivity contribution is 6.30. The van der Waals surface area contributed by atoms with Gasteiger partial charge >= 0.3 is 0 Å². The number of anilines is 3. The summed E-state index contributed by atoms with van der Waals surface area (Å²) in [6.07, 6.45) is 3.86. The fourth-order valence-electron chi connectivity index (χ4n) is 3.36. The molecule has 1 aromatic carbocycles. The molecular weight excluding hydrogens is 346 g/mol. The van der Waals surface area contributed by atoms with Crippen LogP contribution in [0.2, 0.25) is 5.02 Å². The van der Waals surface area contributed by atoms with Crippen LogP contribution in [0.5, 0.6) is 0 Å². The summed E-state index contributed by atoms with van der Waals surface area (Å²) in [7, 11) is 0. The van der Waals surface area contributed by atoms with Crippen LogP contribution in [-0.4, -0.2) is 47.6 Å². The van der Waals surface area contributed by atoms with Crippen LogP contribution < -0.4 is 10.2 Å². The van der Waals surface area contributed by atoms with Gasteiger partial charge in [0.2, 0.25) is 5.95 Å². The molecule has 2 aromatic rings. The highest BCUT2D eigenvalue weighted by Gasteiger charge is 2.13. The van der Waals surface area contributed by atoms with E-state index in [0.29, 0.717) is 5.95 Å². The molecule has 0 spiro atoms. The van der Waals surface area contributed by atoms with Gasteiger partial charge in [-0.3, -0.25) is 0 Å². The first-order valence-corrected chi connectivity index (χ1v) is 9.87. The fourth-order valence-corrected chi connectivity index (χ4v) is 3.48. The first kappa shape index (κ1) is 18.9. The number of aryl methyl sites for hydroxylation is 1. The highest BCUT2D eigenvalue weighted by Crippen LogP contribution is 2.20. The molecule has 0 bridgehead atoms. The van der Waals surface area contributed by atoms with Crippen molar-refractivity contribution in [3.05, 3.63) is 41.0 Å². The molecule has 140 valence electrons. The standard InChI is InChI=1S/C20H28ClN5/c1-3-26(14-6-13-25-11-4-5-12-25)19-15-16(2)22-20(24-19)23-18-9-7-17(21)8-10-18/h7-10,15H,3-6,11-14H2,1-2H3,(H,22,23,24). The third-order valence-corrected chi connectivity index (χ3v) is 5.00. The minimum Gasteiger partial charge on any atom is -0.357 e. The molecule has 1 aromatic heterocycles. The van der Waals surface area contributed by atoms with E-state index in [-0.39, 0.29) is 0 Å². The predicted octanol–water partition coefficient (Wildman–Crippen LogP) is 4.49. The van der Waals surface area contributed by atoms with E-state index in [0.717, 1.165) is 41.7 Å². The SMILES string of the molecule is CCN(CCCN1CCCC1)c1cc(C)nc(Nc2ccc(Cl)cc2)n1. The fraction of sp³-hybridized carbons (Fsp3) is 0.500. The number of rotatable bonds is 8. The normalized spacial score (nSPS) is 14.6. The molecule has 0 saturated carbocycles. The molecule has 1 N–H and O–H groups in total. The number of aromatic nitrogens is 2. The zero-order chi connectivity index (χ0) is 18.4. The lowest BCUT2D eigenvalue weighted by Crippen LogP contribution is -2.29. The Morgan fingerprint density at radius 3 is 2.58 bits per heavy atom. The highest BCUT2D eigenvalue weighted by atomic mass is 35.5. The molecule has 0 unspecified atom stereocenters. The van der Waals surface area contributed by atoms with Gasteiger partial charge in [0.05, 0.1) is 0 Å². The van der Waals surface area contributed by atoms with Gasteiger partial charge in [-0.05, 0) is 77.0 Å². The molecule has 1 saturated heterocycles. The molecule has 2 heterocycles. The second kappa shape index (κ2) is 9.19. The average molecular weight is 374 g/mol. The second-order valence-electron chi connectivity index (χ2n) is 6.80. The molecule has 0 amide bonds. The van der Waals surface area contributed by atoms with E-state index in [1.807, 2.05) is 31.2 Å². The third kappa shape index (κ3) is 5.32. The number of nitrogens with zero attached hydrogens (tertiary/aromatic N) is 4. The van der Waals surface area contributed by atoms with Crippen molar-refractivity contribution in [2.75, 3.05) is 42.9 Å². The minimum atomic E-state index is 0.625. The topological polar surface area (TPSA) is 44.3 Å². The molecule has 1 aliphatic rings. The number of benzene rings is 1. The summed E-state index contributed by atoms with van der Waals surface area (Å²) in [5.74, 6) is 1.61. The van der Waals surface area contributed by atoms with Gasteiger partial charge in [0.25, 0.3) is 0 Å². The van der Waals surface area contributed by atoms with Gasteiger partial charge in [0, 0.05) is 35.6 Å². The van der Waals surface area contributed by atoms with Gasteiger partial charge in [-0.2, -0.15) is 4.98 Å². The summed E-state index contributed by atoms with van der Waals surface area (Å²) >= 11 is 5.95. The van der Waals surface area contributed by atoms with Gasteiger partial charge in [-0.1, -0.05) is 11.6 Å². The third-order valence-electron chi connectivity index (χ3n) is 4.75. The molecule has 1 aliphatic heterocycles. The number of halogens is 1. The van der Waals surface area contributed by atoms with Crippen molar-refractivity contribution < 1.29 is 0 Å². The molecule has 0 atom stereocenters. The largest absolute Gasteiger partial charge is 0.357 e. The molecule has 0 aliphatic carbocycles. The van der Waals surface area contributed by atoms with Crippen molar-refractivity contribution in [1.82, 2.24) is 14.9 Å². The zero-order valence-electron chi connectivity index (χ0n) is 15.7. The van der Waals surface area contributed by atoms with Crippen LogP contribution in [0, 0.1) is 6.92 Å². The lowest BCUT2D eigenvalue weighted by atomic mass is 10.3. The van der Waals surface area contributed by atoms with Gasteiger partial charge in [-0.15, -0.1) is 0 Å². The Bertz CT molecular complexity index is 698. The van der Waals surface area contributed by atoms with Crippen LogP contribution in [0.3, 0.4) is 0 Å². The smallest absolute Gasteiger partial charge is 0.229 e. The van der Waals surface area contributed by atoms with Gasteiger partial charge in [-0.25, -0.2) is 4.98 Å². The lowest BCUT2D eigenvalue weighted by Gasteiger charge is -2.24. The van der Waals surface area contributed by atoms with Gasteiger partial charge in [0.15, 0.2) is 0 Å². The van der Waals surface area contributed by atoms with Gasteiger partial charge in [0.1, 0.15) is 5.82 Å². The van der Waals surface area contributed by atoms with Crippen molar-refractivity contribution in [1.29, 1.82) is 0 Å². The first-order valence-electron chi connectivity index (χ1n) is 9.49. The number of likely N-dealkylation sites (tertiary alicyclic amines) is 1. The summed E-state index contributed by atoms with van der Waals surface area (Å²) < 4.78 is 0. The van der Waals surface area contributed by atoms with Crippen LogP contribution in [-0.2, 0) is 0 Å². The summed E-state index contributed by atoms with van der Waals surface area (Å²) in [5.41, 5.74) is 1.90. The maximum atomic E-state index is 5.95. The Morgan fingerprint density at radius 2 is 1.88 bits per heavy atom. The Kier molecular flexibility index (Phi) is 6.69. The van der Waals surface area contributed by atoms with Crippen molar-refractivity contribution >= 4 is 29.1 Å². The van der Waals surface area contributed by atoms with Crippen LogP contribution >= 0.6 is 11.6 Å². The molecule has 1 fully saturated rings. The Morgan fingerprint density at radius 1 is 1.15 bits per heavy atom. The minimum absolute atomic E-state index is 0.625. The second-order valence-corrected chi connectivity index (χ2v) is 7.24. The average Bonchev–Trinajstić information content (AvgIpc) is 3.14. The van der Waals surface area contributed by atoms with E-state index in [9.17, 15) is 0 Å². The van der Waals surface area contributed by atoms with Crippen LogP contribution in [0.4, 0.5) is 17.5 Å². The zero-order valence-corrected chi connectivity index (χ0v) is 16.5. The maximum Gasteiger partial charge on any atom is 0.229 e. The van der Waals surface area contributed by atoms with Crippen LogP contribution in [0.15, 0.2) is 30.3 Å². The van der Waals surface area contributed by atoms with E-state index >= 15 is 0 Å². The Hall–Kier alpha value is -1.85. The number of hydrogen-bond donors (Lipinski definition) is 1. The Labute approximate surface area is 161 Å². The molecule has 0 radical (unpaired) electrons. The quantitative estimate of drug-likeness (QED) is 0.738. The van der Waals surface area contributed by atoms with Crippen LogP contribution in [0.1, 0.15) is 31.9 Å². The molecule has 3 rings (SSSR count). The summed E-state index contributed by atoms with van der Waals surface area (Å²) in [4.78, 5) is 14.1. The number of hydrogen-bond acceptors (Lipinski definition) is 5.